The van der Waals surface area contributed by atoms with Gasteiger partial charge in [0.25, 0.3) is 0 Å². The van der Waals surface area contributed by atoms with Gasteiger partial charge in [-0.1, -0.05) is 13.8 Å². The molecular weight excluding hydrogens is 128 g/mol. The molecule has 0 aromatic carbocycles. The molecule has 0 amide bonds. The van der Waals surface area contributed by atoms with Crippen LogP contribution in [0.3, 0.4) is 0 Å². The molecule has 1 heterocycles. The Labute approximate surface area is 61.6 Å². The predicted octanol–water partition coefficient (Wildman–Crippen LogP) is 1.25. The smallest absolute Gasteiger partial charge is 0.120 e. The Kier molecular flexibility index (Phi) is 2.09. The highest BCUT2D eigenvalue weighted by atomic mass is 16.5. The third-order valence-corrected chi connectivity index (χ3v) is 2.28. The SMILES string of the molecule is CC1(C)COCC1CC=O. The summed E-state index contributed by atoms with van der Waals surface area (Å²) >= 11 is 0. The summed E-state index contributed by atoms with van der Waals surface area (Å²) < 4.78 is 5.27. The number of hydrogen-bond acceptors (Lipinski definition) is 2. The Morgan fingerprint density at radius 3 is 2.80 bits per heavy atom. The van der Waals surface area contributed by atoms with Gasteiger partial charge in [-0.3, -0.25) is 0 Å². The molecule has 0 bridgehead atoms. The van der Waals surface area contributed by atoms with Crippen molar-refractivity contribution in [2.75, 3.05) is 13.2 Å². The largest absolute Gasteiger partial charge is 0.381 e. The van der Waals surface area contributed by atoms with Crippen molar-refractivity contribution in [2.24, 2.45) is 11.3 Å². The van der Waals surface area contributed by atoms with Crippen LogP contribution in [0, 0.1) is 11.3 Å². The van der Waals surface area contributed by atoms with E-state index in [9.17, 15) is 4.79 Å². The standard InChI is InChI=1S/C8H14O2/c1-8(2)6-10-5-7(8)3-4-9/h4,7H,3,5-6H2,1-2H3. The highest BCUT2D eigenvalue weighted by Gasteiger charge is 2.34. The van der Waals surface area contributed by atoms with E-state index in [2.05, 4.69) is 13.8 Å². The fourth-order valence-electron chi connectivity index (χ4n) is 1.31. The molecule has 0 radical (unpaired) electrons. The third-order valence-electron chi connectivity index (χ3n) is 2.28. The van der Waals surface area contributed by atoms with Crippen LogP contribution in [0.1, 0.15) is 20.3 Å². The first-order valence-electron chi connectivity index (χ1n) is 3.68. The molecule has 1 atom stereocenters. The molecule has 10 heavy (non-hydrogen) atoms. The molecule has 0 aromatic heterocycles. The van der Waals surface area contributed by atoms with Crippen LogP contribution in [0.15, 0.2) is 0 Å². The van der Waals surface area contributed by atoms with Crippen molar-refractivity contribution in [3.63, 3.8) is 0 Å². The summed E-state index contributed by atoms with van der Waals surface area (Å²) in [5, 5.41) is 0. The van der Waals surface area contributed by atoms with E-state index in [1.807, 2.05) is 0 Å². The van der Waals surface area contributed by atoms with Gasteiger partial charge in [0.05, 0.1) is 13.2 Å². The van der Waals surface area contributed by atoms with Gasteiger partial charge in [0.2, 0.25) is 0 Å². The maximum Gasteiger partial charge on any atom is 0.120 e. The van der Waals surface area contributed by atoms with Crippen molar-refractivity contribution in [3.05, 3.63) is 0 Å². The second-order valence-corrected chi connectivity index (χ2v) is 3.60. The van der Waals surface area contributed by atoms with Gasteiger partial charge in [0.15, 0.2) is 0 Å². The molecule has 2 nitrogen and oxygen atoms in total. The highest BCUT2D eigenvalue weighted by Crippen LogP contribution is 2.34. The van der Waals surface area contributed by atoms with Crippen molar-refractivity contribution in [1.82, 2.24) is 0 Å². The fourth-order valence-corrected chi connectivity index (χ4v) is 1.31. The van der Waals surface area contributed by atoms with Gasteiger partial charge in [-0.15, -0.1) is 0 Å². The van der Waals surface area contributed by atoms with Crippen LogP contribution in [0.25, 0.3) is 0 Å². The van der Waals surface area contributed by atoms with E-state index in [-0.39, 0.29) is 5.41 Å². The van der Waals surface area contributed by atoms with Gasteiger partial charge in [-0.25, -0.2) is 0 Å². The van der Waals surface area contributed by atoms with E-state index >= 15 is 0 Å². The van der Waals surface area contributed by atoms with Crippen molar-refractivity contribution in [2.45, 2.75) is 20.3 Å². The number of ether oxygens (including phenoxy) is 1. The van der Waals surface area contributed by atoms with Crippen molar-refractivity contribution in [1.29, 1.82) is 0 Å². The van der Waals surface area contributed by atoms with E-state index < -0.39 is 0 Å². The van der Waals surface area contributed by atoms with E-state index in [4.69, 9.17) is 4.74 Å². The fraction of sp³-hybridized carbons (Fsp3) is 0.875. The van der Waals surface area contributed by atoms with Crippen LogP contribution in [-0.4, -0.2) is 19.5 Å². The molecule has 0 N–H and O–H groups in total. The average Bonchev–Trinajstić information content (AvgIpc) is 2.13. The maximum atomic E-state index is 10.2. The van der Waals surface area contributed by atoms with Gasteiger partial charge in [0, 0.05) is 6.42 Å². The minimum absolute atomic E-state index is 0.209. The summed E-state index contributed by atoms with van der Waals surface area (Å²) in [5.41, 5.74) is 0.209. The van der Waals surface area contributed by atoms with E-state index in [1.54, 1.807) is 0 Å². The maximum absolute atomic E-state index is 10.2. The normalized spacial score (nSPS) is 30.4. The summed E-state index contributed by atoms with van der Waals surface area (Å²) in [6.07, 6.45) is 1.63. The lowest BCUT2D eigenvalue weighted by molar-refractivity contribution is -0.109. The third kappa shape index (κ3) is 1.37. The summed E-state index contributed by atoms with van der Waals surface area (Å²) in [6, 6.07) is 0. The van der Waals surface area contributed by atoms with Crippen LogP contribution < -0.4 is 0 Å². The molecule has 0 spiro atoms. The Morgan fingerprint density at radius 1 is 1.70 bits per heavy atom. The number of rotatable bonds is 2. The summed E-state index contributed by atoms with van der Waals surface area (Å²) in [6.45, 7) is 5.85. The molecule has 2 heteroatoms. The lowest BCUT2D eigenvalue weighted by Gasteiger charge is -2.21. The minimum atomic E-state index is 0.209. The monoisotopic (exact) mass is 142 g/mol. The zero-order valence-corrected chi connectivity index (χ0v) is 6.59. The summed E-state index contributed by atoms with van der Waals surface area (Å²) in [5.74, 6) is 0.435. The zero-order chi connectivity index (χ0) is 7.61. The van der Waals surface area contributed by atoms with Gasteiger partial charge in [0.1, 0.15) is 6.29 Å². The molecule has 0 aromatic rings. The molecule has 1 aliphatic heterocycles. The van der Waals surface area contributed by atoms with Crippen LogP contribution in [0.4, 0.5) is 0 Å². The quantitative estimate of drug-likeness (QED) is 0.542. The van der Waals surface area contributed by atoms with Gasteiger partial charge in [-0.05, 0) is 11.3 Å². The molecule has 0 saturated carbocycles. The van der Waals surface area contributed by atoms with E-state index in [0.717, 1.165) is 19.5 Å². The molecule has 1 saturated heterocycles. The Bertz CT molecular complexity index is 129. The van der Waals surface area contributed by atoms with Gasteiger partial charge in [-0.2, -0.15) is 0 Å². The lowest BCUT2D eigenvalue weighted by Crippen LogP contribution is -2.21. The van der Waals surface area contributed by atoms with Crippen LogP contribution in [0.5, 0.6) is 0 Å². The molecular formula is C8H14O2. The van der Waals surface area contributed by atoms with E-state index in [1.165, 1.54) is 0 Å². The first-order valence-corrected chi connectivity index (χ1v) is 3.68. The Morgan fingerprint density at radius 2 is 2.40 bits per heavy atom. The highest BCUT2D eigenvalue weighted by molar-refractivity contribution is 5.50. The Hall–Kier alpha value is -0.370. The zero-order valence-electron chi connectivity index (χ0n) is 6.59. The van der Waals surface area contributed by atoms with Gasteiger partial charge < -0.3 is 9.53 Å². The molecule has 1 aliphatic rings. The molecule has 0 aliphatic carbocycles. The topological polar surface area (TPSA) is 26.3 Å². The van der Waals surface area contributed by atoms with Crippen molar-refractivity contribution >= 4 is 6.29 Å². The molecule has 1 fully saturated rings. The summed E-state index contributed by atoms with van der Waals surface area (Å²) in [7, 11) is 0. The summed E-state index contributed by atoms with van der Waals surface area (Å²) in [4.78, 5) is 10.2. The number of hydrogen-bond donors (Lipinski definition) is 0. The number of carbonyl (C=O) groups excluding carboxylic acids is 1. The van der Waals surface area contributed by atoms with Crippen LogP contribution >= 0.6 is 0 Å². The predicted molar refractivity (Wildman–Crippen MR) is 38.8 cm³/mol. The van der Waals surface area contributed by atoms with Crippen LogP contribution in [-0.2, 0) is 9.53 Å². The van der Waals surface area contributed by atoms with Gasteiger partial charge >= 0.3 is 0 Å². The second-order valence-electron chi connectivity index (χ2n) is 3.60. The molecule has 58 valence electrons. The number of aldehydes is 1. The van der Waals surface area contributed by atoms with E-state index in [0.29, 0.717) is 12.3 Å². The van der Waals surface area contributed by atoms with Crippen molar-refractivity contribution < 1.29 is 9.53 Å². The number of carbonyl (C=O) groups is 1. The van der Waals surface area contributed by atoms with Crippen LogP contribution in [0.2, 0.25) is 0 Å². The molecule has 1 rings (SSSR count). The molecule has 1 unspecified atom stereocenters. The first kappa shape index (κ1) is 7.73. The average molecular weight is 142 g/mol. The lowest BCUT2D eigenvalue weighted by atomic mass is 9.80. The first-order chi connectivity index (χ1) is 4.67. The Balaban J connectivity index is 2.50. The second kappa shape index (κ2) is 2.70. The van der Waals surface area contributed by atoms with Crippen molar-refractivity contribution in [3.8, 4) is 0 Å². The minimum Gasteiger partial charge on any atom is -0.381 e.